The molecule has 0 spiro atoms. The van der Waals surface area contributed by atoms with E-state index in [-0.39, 0.29) is 0 Å². The van der Waals surface area contributed by atoms with Crippen LogP contribution in [0.15, 0.2) is 33.2 Å². The van der Waals surface area contributed by atoms with Crippen molar-refractivity contribution in [2.45, 2.75) is 46.6 Å². The highest BCUT2D eigenvalue weighted by Crippen LogP contribution is 2.31. The van der Waals surface area contributed by atoms with Crippen LogP contribution in [0.5, 0.6) is 0 Å². The lowest BCUT2D eigenvalue weighted by molar-refractivity contribution is 0.516. The Hall–Kier alpha value is -1.55. The standard InChI is InChI=1S/C18H21BrN2O/c1-5-16-6-12(4)21(20-16)10-14-8-15(19)7-13-9-17(11(2)3)22-18(13)14/h6-9,11H,5,10H2,1-4H3. The largest absolute Gasteiger partial charge is 0.460 e. The topological polar surface area (TPSA) is 31.0 Å². The molecule has 116 valence electrons. The Morgan fingerprint density at radius 1 is 1.23 bits per heavy atom. The van der Waals surface area contributed by atoms with Crippen molar-refractivity contribution in [2.24, 2.45) is 0 Å². The summed E-state index contributed by atoms with van der Waals surface area (Å²) in [5, 5.41) is 5.81. The number of nitrogens with zero attached hydrogens (tertiary/aromatic N) is 2. The lowest BCUT2D eigenvalue weighted by Crippen LogP contribution is -2.04. The average molecular weight is 361 g/mol. The van der Waals surface area contributed by atoms with Gasteiger partial charge in [0, 0.05) is 27.0 Å². The second-order valence-corrected chi connectivity index (χ2v) is 6.99. The lowest BCUT2D eigenvalue weighted by Gasteiger charge is -2.06. The molecule has 0 fully saturated rings. The van der Waals surface area contributed by atoms with Crippen LogP contribution in [-0.2, 0) is 13.0 Å². The lowest BCUT2D eigenvalue weighted by atomic mass is 10.1. The second-order valence-electron chi connectivity index (χ2n) is 6.07. The molecular weight excluding hydrogens is 340 g/mol. The van der Waals surface area contributed by atoms with Gasteiger partial charge in [-0.1, -0.05) is 36.7 Å². The first-order valence-corrected chi connectivity index (χ1v) is 8.52. The van der Waals surface area contributed by atoms with Gasteiger partial charge in [0.05, 0.1) is 12.2 Å². The third-order valence-electron chi connectivity index (χ3n) is 3.96. The number of halogens is 1. The van der Waals surface area contributed by atoms with Crippen LogP contribution in [0.4, 0.5) is 0 Å². The number of fused-ring (bicyclic) bond motifs is 1. The quantitative estimate of drug-likeness (QED) is 0.620. The Morgan fingerprint density at radius 3 is 2.64 bits per heavy atom. The normalized spacial score (nSPS) is 11.7. The second kappa shape index (κ2) is 5.92. The minimum absolute atomic E-state index is 0.386. The summed E-state index contributed by atoms with van der Waals surface area (Å²) in [6, 6.07) is 8.53. The van der Waals surface area contributed by atoms with Crippen molar-refractivity contribution < 1.29 is 4.42 Å². The molecule has 0 saturated carbocycles. The minimum Gasteiger partial charge on any atom is -0.460 e. The van der Waals surface area contributed by atoms with Crippen LogP contribution in [0.3, 0.4) is 0 Å². The summed E-state index contributed by atoms with van der Waals surface area (Å²) in [4.78, 5) is 0. The fourth-order valence-electron chi connectivity index (χ4n) is 2.68. The summed E-state index contributed by atoms with van der Waals surface area (Å²) in [6.07, 6.45) is 0.958. The van der Waals surface area contributed by atoms with E-state index in [0.717, 1.165) is 45.4 Å². The maximum absolute atomic E-state index is 6.10. The third-order valence-corrected chi connectivity index (χ3v) is 4.42. The monoisotopic (exact) mass is 360 g/mol. The predicted octanol–water partition coefficient (Wildman–Crippen LogP) is 5.43. The molecule has 4 heteroatoms. The molecule has 3 nitrogen and oxygen atoms in total. The van der Waals surface area contributed by atoms with E-state index in [9.17, 15) is 0 Å². The van der Waals surface area contributed by atoms with E-state index in [1.165, 1.54) is 5.69 Å². The maximum Gasteiger partial charge on any atom is 0.139 e. The molecule has 0 aliphatic rings. The molecule has 0 amide bonds. The van der Waals surface area contributed by atoms with Crippen molar-refractivity contribution in [1.82, 2.24) is 9.78 Å². The molecule has 3 aromatic rings. The fraction of sp³-hybridized carbons (Fsp3) is 0.389. The highest BCUT2D eigenvalue weighted by atomic mass is 79.9. The summed E-state index contributed by atoms with van der Waals surface area (Å²) >= 11 is 3.61. The summed E-state index contributed by atoms with van der Waals surface area (Å²) in [5.74, 6) is 1.41. The smallest absolute Gasteiger partial charge is 0.139 e. The highest BCUT2D eigenvalue weighted by Gasteiger charge is 2.13. The van der Waals surface area contributed by atoms with Gasteiger partial charge in [0.1, 0.15) is 11.3 Å². The van der Waals surface area contributed by atoms with E-state index in [2.05, 4.69) is 77.7 Å². The summed E-state index contributed by atoms with van der Waals surface area (Å²) in [7, 11) is 0. The molecule has 0 saturated heterocycles. The van der Waals surface area contributed by atoms with Crippen molar-refractivity contribution in [2.75, 3.05) is 0 Å². The van der Waals surface area contributed by atoms with Gasteiger partial charge < -0.3 is 4.42 Å². The molecule has 0 bridgehead atoms. The van der Waals surface area contributed by atoms with Crippen LogP contribution in [0, 0.1) is 6.92 Å². The molecule has 1 aromatic carbocycles. The molecule has 2 heterocycles. The molecule has 2 aromatic heterocycles. The number of hydrogen-bond acceptors (Lipinski definition) is 2. The Balaban J connectivity index is 2.07. The molecule has 0 aliphatic carbocycles. The molecular formula is C18H21BrN2O. The Kier molecular flexibility index (Phi) is 4.13. The van der Waals surface area contributed by atoms with Gasteiger partial charge in [-0.25, -0.2) is 0 Å². The van der Waals surface area contributed by atoms with Crippen molar-refractivity contribution in [1.29, 1.82) is 0 Å². The summed E-state index contributed by atoms with van der Waals surface area (Å²) in [6.45, 7) is 9.26. The van der Waals surface area contributed by atoms with Gasteiger partial charge in [0.25, 0.3) is 0 Å². The van der Waals surface area contributed by atoms with E-state index in [4.69, 9.17) is 4.42 Å². The van der Waals surface area contributed by atoms with Crippen LogP contribution in [-0.4, -0.2) is 9.78 Å². The Bertz CT molecular complexity index is 814. The van der Waals surface area contributed by atoms with Crippen LogP contribution in [0.25, 0.3) is 11.0 Å². The molecule has 0 unspecified atom stereocenters. The average Bonchev–Trinajstić information content (AvgIpc) is 3.03. The van der Waals surface area contributed by atoms with Gasteiger partial charge >= 0.3 is 0 Å². The van der Waals surface area contributed by atoms with E-state index in [1.807, 2.05) is 0 Å². The molecule has 0 aliphatic heterocycles. The van der Waals surface area contributed by atoms with E-state index < -0.39 is 0 Å². The van der Waals surface area contributed by atoms with Crippen molar-refractivity contribution in [3.8, 4) is 0 Å². The van der Waals surface area contributed by atoms with Gasteiger partial charge in [-0.05, 0) is 37.6 Å². The number of aromatic nitrogens is 2. The first-order valence-electron chi connectivity index (χ1n) is 7.73. The highest BCUT2D eigenvalue weighted by molar-refractivity contribution is 9.10. The van der Waals surface area contributed by atoms with Crippen molar-refractivity contribution in [3.63, 3.8) is 0 Å². The van der Waals surface area contributed by atoms with E-state index >= 15 is 0 Å². The third kappa shape index (κ3) is 2.84. The van der Waals surface area contributed by atoms with Crippen LogP contribution in [0.1, 0.15) is 49.4 Å². The minimum atomic E-state index is 0.386. The number of benzene rings is 1. The van der Waals surface area contributed by atoms with Crippen LogP contribution >= 0.6 is 15.9 Å². The first-order chi connectivity index (χ1) is 10.5. The maximum atomic E-state index is 6.10. The zero-order chi connectivity index (χ0) is 15.9. The SMILES string of the molecule is CCc1cc(C)n(Cc2cc(Br)cc3cc(C(C)C)oc23)n1. The zero-order valence-corrected chi connectivity index (χ0v) is 15.1. The molecule has 0 radical (unpaired) electrons. The van der Waals surface area contributed by atoms with E-state index in [1.54, 1.807) is 0 Å². The molecule has 22 heavy (non-hydrogen) atoms. The number of rotatable bonds is 4. The van der Waals surface area contributed by atoms with Crippen LogP contribution < -0.4 is 0 Å². The van der Waals surface area contributed by atoms with Gasteiger partial charge in [0.15, 0.2) is 0 Å². The molecule has 0 N–H and O–H groups in total. The zero-order valence-electron chi connectivity index (χ0n) is 13.5. The number of hydrogen-bond donors (Lipinski definition) is 0. The summed E-state index contributed by atoms with van der Waals surface area (Å²) < 4.78 is 9.23. The van der Waals surface area contributed by atoms with Gasteiger partial charge in [-0.2, -0.15) is 5.10 Å². The van der Waals surface area contributed by atoms with Crippen molar-refractivity contribution in [3.05, 3.63) is 51.4 Å². The Morgan fingerprint density at radius 2 is 2.00 bits per heavy atom. The van der Waals surface area contributed by atoms with Gasteiger partial charge in [0.2, 0.25) is 0 Å². The first kappa shape index (κ1) is 15.3. The van der Waals surface area contributed by atoms with Crippen LogP contribution in [0.2, 0.25) is 0 Å². The number of furan rings is 1. The Labute approximate surface area is 139 Å². The molecule has 0 atom stereocenters. The molecule has 3 rings (SSSR count). The fourth-order valence-corrected chi connectivity index (χ4v) is 3.20. The number of aryl methyl sites for hydroxylation is 2. The summed E-state index contributed by atoms with van der Waals surface area (Å²) in [5.41, 5.74) is 4.44. The van der Waals surface area contributed by atoms with Crippen molar-refractivity contribution >= 4 is 26.9 Å². The predicted molar refractivity (Wildman–Crippen MR) is 93.4 cm³/mol. The van der Waals surface area contributed by atoms with Gasteiger partial charge in [-0.15, -0.1) is 0 Å². The van der Waals surface area contributed by atoms with Gasteiger partial charge in [-0.3, -0.25) is 4.68 Å². The van der Waals surface area contributed by atoms with E-state index in [0.29, 0.717) is 5.92 Å².